The second-order valence-electron chi connectivity index (χ2n) is 8.28. The second kappa shape index (κ2) is 13.7. The summed E-state index contributed by atoms with van der Waals surface area (Å²) < 4.78 is 13.3. The van der Waals surface area contributed by atoms with E-state index < -0.39 is 5.91 Å². The van der Waals surface area contributed by atoms with Crippen LogP contribution in [-0.4, -0.2) is 5.91 Å². The van der Waals surface area contributed by atoms with Gasteiger partial charge in [0, 0.05) is 25.8 Å². The summed E-state index contributed by atoms with van der Waals surface area (Å²) in [7, 11) is 0. The summed E-state index contributed by atoms with van der Waals surface area (Å²) in [6, 6.07) is 27.3. The van der Waals surface area contributed by atoms with Gasteiger partial charge in [-0.2, -0.15) is 5.26 Å². The Morgan fingerprint density at radius 1 is 0.897 bits per heavy atom. The van der Waals surface area contributed by atoms with Crippen molar-refractivity contribution in [3.63, 3.8) is 0 Å². The van der Waals surface area contributed by atoms with Crippen LogP contribution in [0.1, 0.15) is 16.7 Å². The molecule has 1 N–H and O–H groups in total. The highest BCUT2D eigenvalue weighted by Gasteiger charge is 2.11. The Morgan fingerprint density at radius 3 is 2.31 bits per heavy atom. The number of carbonyl (C=O) groups is 1. The summed E-state index contributed by atoms with van der Waals surface area (Å²) in [6.45, 7) is 0.679. The van der Waals surface area contributed by atoms with E-state index in [9.17, 15) is 10.1 Å². The van der Waals surface area contributed by atoms with Crippen molar-refractivity contribution in [1.82, 2.24) is 0 Å². The number of anilines is 1. The minimum absolute atomic E-state index is 0.0425. The lowest BCUT2D eigenvalue weighted by molar-refractivity contribution is -0.112. The van der Waals surface area contributed by atoms with Crippen LogP contribution >= 0.6 is 55.1 Å². The Kier molecular flexibility index (Phi) is 10.1. The van der Waals surface area contributed by atoms with Crippen LogP contribution in [0.3, 0.4) is 0 Å². The van der Waals surface area contributed by atoms with Gasteiger partial charge in [0.2, 0.25) is 0 Å². The highest BCUT2D eigenvalue weighted by Crippen LogP contribution is 2.29. The minimum Gasteiger partial charge on any atom is -0.489 e. The van der Waals surface area contributed by atoms with Gasteiger partial charge in [-0.05, 0) is 93.8 Å². The molecule has 0 aliphatic carbocycles. The van der Waals surface area contributed by atoms with Crippen LogP contribution in [0.4, 0.5) is 5.69 Å². The minimum atomic E-state index is -0.519. The third-order valence-electron chi connectivity index (χ3n) is 5.46. The molecule has 1 amide bonds. The van der Waals surface area contributed by atoms with E-state index in [4.69, 9.17) is 32.7 Å². The number of amides is 1. The fourth-order valence-corrected chi connectivity index (χ4v) is 4.65. The molecule has 0 fully saturated rings. The number of halogens is 4. The Balaban J connectivity index is 1.35. The molecule has 4 aromatic rings. The van der Waals surface area contributed by atoms with Gasteiger partial charge in [0.25, 0.3) is 5.91 Å². The normalized spacial score (nSPS) is 11.0. The average molecular weight is 687 g/mol. The smallest absolute Gasteiger partial charge is 0.266 e. The third kappa shape index (κ3) is 8.35. The van der Waals surface area contributed by atoms with Crippen LogP contribution in [0.2, 0.25) is 10.0 Å². The Bertz CT molecular complexity index is 1550. The molecule has 9 heteroatoms. The van der Waals surface area contributed by atoms with Gasteiger partial charge in [0.15, 0.2) is 0 Å². The molecule has 0 saturated heterocycles. The van der Waals surface area contributed by atoms with Gasteiger partial charge in [0.1, 0.15) is 36.4 Å². The maximum absolute atomic E-state index is 12.7. The highest BCUT2D eigenvalue weighted by molar-refractivity contribution is 9.10. The van der Waals surface area contributed by atoms with Gasteiger partial charge in [-0.15, -0.1) is 0 Å². The van der Waals surface area contributed by atoms with Gasteiger partial charge < -0.3 is 14.8 Å². The number of benzene rings is 4. The van der Waals surface area contributed by atoms with E-state index in [0.29, 0.717) is 43.9 Å². The first-order valence-electron chi connectivity index (χ1n) is 11.6. The number of hydrogen-bond donors (Lipinski definition) is 1. The summed E-state index contributed by atoms with van der Waals surface area (Å²) in [4.78, 5) is 12.7. The van der Waals surface area contributed by atoms with E-state index in [1.165, 1.54) is 6.08 Å². The summed E-state index contributed by atoms with van der Waals surface area (Å²) >= 11 is 19.1. The molecule has 0 spiro atoms. The third-order valence-corrected chi connectivity index (χ3v) is 7.20. The maximum atomic E-state index is 12.7. The average Bonchev–Trinajstić information content (AvgIpc) is 2.92. The summed E-state index contributed by atoms with van der Waals surface area (Å²) in [5.41, 5.74) is 2.99. The number of ether oxygens (including phenoxy) is 2. The fourth-order valence-electron chi connectivity index (χ4n) is 3.41. The second-order valence-corrected chi connectivity index (χ2v) is 10.9. The van der Waals surface area contributed by atoms with Crippen molar-refractivity contribution in [3.8, 4) is 17.6 Å². The SMILES string of the molecule is N#C/C(=C\c1ccc(OCc2ccc(Cl)cc2Cl)c(Br)c1)C(=O)Nc1ccc(OCc2ccc(Br)cc2)cc1. The van der Waals surface area contributed by atoms with Gasteiger partial charge in [-0.3, -0.25) is 4.79 Å². The topological polar surface area (TPSA) is 71.3 Å². The Morgan fingerprint density at radius 2 is 1.64 bits per heavy atom. The lowest BCUT2D eigenvalue weighted by atomic mass is 10.1. The van der Waals surface area contributed by atoms with E-state index in [1.54, 1.807) is 60.7 Å². The molecule has 5 nitrogen and oxygen atoms in total. The van der Waals surface area contributed by atoms with E-state index in [0.717, 1.165) is 15.6 Å². The first-order chi connectivity index (χ1) is 18.8. The molecule has 0 saturated carbocycles. The monoisotopic (exact) mass is 684 g/mol. The molecule has 0 aromatic heterocycles. The van der Waals surface area contributed by atoms with Crippen molar-refractivity contribution in [2.45, 2.75) is 13.2 Å². The molecule has 0 aliphatic heterocycles. The summed E-state index contributed by atoms with van der Waals surface area (Å²) in [5, 5.41) is 13.4. The van der Waals surface area contributed by atoms with Crippen LogP contribution in [0.25, 0.3) is 6.08 Å². The fraction of sp³-hybridized carbons (Fsp3) is 0.0667. The number of rotatable bonds is 9. The van der Waals surface area contributed by atoms with Crippen molar-refractivity contribution in [2.24, 2.45) is 0 Å². The number of nitrogens with zero attached hydrogens (tertiary/aromatic N) is 1. The van der Waals surface area contributed by atoms with Crippen molar-refractivity contribution >= 4 is 72.7 Å². The van der Waals surface area contributed by atoms with Crippen LogP contribution in [0.15, 0.2) is 99.4 Å². The molecular formula is C30H20Br2Cl2N2O3. The zero-order valence-corrected chi connectivity index (χ0v) is 24.9. The summed E-state index contributed by atoms with van der Waals surface area (Å²) in [5.74, 6) is 0.732. The standard InChI is InChI=1S/C30H20Br2Cl2N2O3/c31-23-5-1-19(2-6-23)17-38-26-10-8-25(9-11-26)36-30(37)22(16-35)13-20-3-12-29(27(32)14-20)39-18-21-4-7-24(33)15-28(21)34/h1-15H,17-18H2,(H,36,37)/b22-13+. The summed E-state index contributed by atoms with van der Waals surface area (Å²) in [6.07, 6.45) is 1.51. The van der Waals surface area contributed by atoms with Crippen LogP contribution < -0.4 is 14.8 Å². The number of carbonyl (C=O) groups excluding carboxylic acids is 1. The van der Waals surface area contributed by atoms with Gasteiger partial charge in [0.05, 0.1) is 4.47 Å². The molecule has 0 atom stereocenters. The van der Waals surface area contributed by atoms with Gasteiger partial charge >= 0.3 is 0 Å². The first kappa shape index (κ1) is 28.7. The lowest BCUT2D eigenvalue weighted by Gasteiger charge is -2.11. The van der Waals surface area contributed by atoms with E-state index in [-0.39, 0.29) is 12.2 Å². The molecule has 4 aromatic carbocycles. The molecule has 4 rings (SSSR count). The molecule has 0 heterocycles. The van der Waals surface area contributed by atoms with Crippen molar-refractivity contribution in [3.05, 3.63) is 126 Å². The molecule has 0 radical (unpaired) electrons. The quantitative estimate of drug-likeness (QED) is 0.141. The predicted molar refractivity (Wildman–Crippen MR) is 162 cm³/mol. The van der Waals surface area contributed by atoms with Crippen LogP contribution in [0, 0.1) is 11.3 Å². The Labute approximate surface area is 253 Å². The molecular weight excluding hydrogens is 667 g/mol. The molecule has 0 bridgehead atoms. The van der Waals surface area contributed by atoms with E-state index >= 15 is 0 Å². The highest BCUT2D eigenvalue weighted by atomic mass is 79.9. The number of nitrogens with one attached hydrogen (secondary N) is 1. The molecule has 0 unspecified atom stereocenters. The van der Waals surface area contributed by atoms with Crippen molar-refractivity contribution in [2.75, 3.05) is 5.32 Å². The largest absolute Gasteiger partial charge is 0.489 e. The number of nitriles is 1. The molecule has 196 valence electrons. The van der Waals surface area contributed by atoms with Crippen LogP contribution in [0.5, 0.6) is 11.5 Å². The van der Waals surface area contributed by atoms with E-state index in [2.05, 4.69) is 37.2 Å². The lowest BCUT2D eigenvalue weighted by Crippen LogP contribution is -2.13. The maximum Gasteiger partial charge on any atom is 0.266 e. The first-order valence-corrected chi connectivity index (χ1v) is 13.9. The Hall–Kier alpha value is -3.28. The zero-order valence-electron chi connectivity index (χ0n) is 20.3. The zero-order chi connectivity index (χ0) is 27.8. The number of hydrogen-bond acceptors (Lipinski definition) is 4. The predicted octanol–water partition coefficient (Wildman–Crippen LogP) is 9.22. The van der Waals surface area contributed by atoms with Gasteiger partial charge in [-0.1, -0.05) is 63.4 Å². The molecule has 0 aliphatic rings. The van der Waals surface area contributed by atoms with Crippen molar-refractivity contribution in [1.29, 1.82) is 5.26 Å². The van der Waals surface area contributed by atoms with Crippen LogP contribution in [-0.2, 0) is 18.0 Å². The molecule has 39 heavy (non-hydrogen) atoms. The van der Waals surface area contributed by atoms with Gasteiger partial charge in [-0.25, -0.2) is 0 Å². The van der Waals surface area contributed by atoms with E-state index in [1.807, 2.05) is 30.3 Å². The van der Waals surface area contributed by atoms with Crippen molar-refractivity contribution < 1.29 is 14.3 Å².